The number of anilines is 1. The number of rotatable bonds is 6. The molecule has 0 heterocycles. The van der Waals surface area contributed by atoms with Crippen molar-refractivity contribution in [2.24, 2.45) is 0 Å². The minimum absolute atomic E-state index is 0.421. The molecular formula is C15H16ClNO2S. The highest BCUT2D eigenvalue weighted by Gasteiger charge is 2.03. The lowest BCUT2D eigenvalue weighted by molar-refractivity contribution is 0.342. The van der Waals surface area contributed by atoms with Crippen LogP contribution in [0.3, 0.4) is 0 Å². The lowest BCUT2D eigenvalue weighted by Gasteiger charge is -2.06. The summed E-state index contributed by atoms with van der Waals surface area (Å²) in [7, 11) is -0.948. The van der Waals surface area contributed by atoms with E-state index >= 15 is 0 Å². The van der Waals surface area contributed by atoms with Gasteiger partial charge in [0.1, 0.15) is 5.75 Å². The van der Waals surface area contributed by atoms with Gasteiger partial charge in [0.15, 0.2) is 0 Å². The normalized spacial score (nSPS) is 12.1. The summed E-state index contributed by atoms with van der Waals surface area (Å²) in [6.45, 7) is 0.421. The fourth-order valence-corrected chi connectivity index (χ4v) is 2.76. The first-order valence-electron chi connectivity index (χ1n) is 6.21. The second-order valence-electron chi connectivity index (χ2n) is 4.33. The molecule has 0 saturated heterocycles. The zero-order valence-electron chi connectivity index (χ0n) is 10.9. The summed E-state index contributed by atoms with van der Waals surface area (Å²) in [5, 5.41) is 0.686. The Balaban J connectivity index is 1.75. The van der Waals surface area contributed by atoms with Crippen molar-refractivity contribution in [3.8, 4) is 5.75 Å². The van der Waals surface area contributed by atoms with Gasteiger partial charge in [0.25, 0.3) is 0 Å². The van der Waals surface area contributed by atoms with Gasteiger partial charge in [-0.1, -0.05) is 23.7 Å². The minimum Gasteiger partial charge on any atom is -0.493 e. The van der Waals surface area contributed by atoms with Gasteiger partial charge in [-0.25, -0.2) is 0 Å². The molecule has 5 heteroatoms. The molecule has 3 nitrogen and oxygen atoms in total. The molecule has 0 amide bonds. The van der Waals surface area contributed by atoms with Crippen LogP contribution in [0.4, 0.5) is 5.69 Å². The molecule has 2 rings (SSSR count). The molecule has 106 valence electrons. The van der Waals surface area contributed by atoms with E-state index in [1.54, 1.807) is 36.4 Å². The third kappa shape index (κ3) is 4.87. The summed E-state index contributed by atoms with van der Waals surface area (Å²) in [6, 6.07) is 14.6. The zero-order chi connectivity index (χ0) is 14.4. The van der Waals surface area contributed by atoms with Gasteiger partial charge in [-0.05, 0) is 42.0 Å². The number of nitrogen functional groups attached to an aromatic ring is 1. The summed E-state index contributed by atoms with van der Waals surface area (Å²) in [6.07, 6.45) is 0. The van der Waals surface area contributed by atoms with Gasteiger partial charge in [-0.3, -0.25) is 4.21 Å². The molecule has 2 N–H and O–H groups in total. The second-order valence-corrected chi connectivity index (χ2v) is 6.35. The van der Waals surface area contributed by atoms with Crippen molar-refractivity contribution in [3.63, 3.8) is 0 Å². The van der Waals surface area contributed by atoms with Crippen molar-refractivity contribution in [2.75, 3.05) is 18.1 Å². The van der Waals surface area contributed by atoms with E-state index in [0.717, 1.165) is 11.3 Å². The van der Waals surface area contributed by atoms with E-state index in [4.69, 9.17) is 22.1 Å². The maximum atomic E-state index is 11.9. The third-order valence-corrected chi connectivity index (χ3v) is 4.23. The Labute approximate surface area is 126 Å². The first kappa shape index (κ1) is 14.9. The lowest BCUT2D eigenvalue weighted by atomic mass is 10.2. The van der Waals surface area contributed by atoms with Gasteiger partial charge in [0.2, 0.25) is 0 Å². The number of halogens is 1. The fourth-order valence-electron chi connectivity index (χ4n) is 1.66. The van der Waals surface area contributed by atoms with Crippen molar-refractivity contribution in [1.29, 1.82) is 0 Å². The Hall–Kier alpha value is -1.52. The Kier molecular flexibility index (Phi) is 5.44. The molecule has 2 aromatic carbocycles. The predicted molar refractivity (Wildman–Crippen MR) is 84.5 cm³/mol. The van der Waals surface area contributed by atoms with Crippen molar-refractivity contribution < 1.29 is 8.95 Å². The van der Waals surface area contributed by atoms with Crippen LogP contribution in [-0.4, -0.2) is 16.6 Å². The van der Waals surface area contributed by atoms with Crippen LogP contribution in [0.25, 0.3) is 0 Å². The van der Waals surface area contributed by atoms with Crippen LogP contribution in [0.1, 0.15) is 5.56 Å². The molecule has 0 spiro atoms. The molecule has 2 aromatic rings. The van der Waals surface area contributed by atoms with E-state index < -0.39 is 10.8 Å². The summed E-state index contributed by atoms with van der Waals surface area (Å²) in [5.74, 6) is 1.75. The number of hydrogen-bond acceptors (Lipinski definition) is 3. The quantitative estimate of drug-likeness (QED) is 0.833. The van der Waals surface area contributed by atoms with E-state index in [1.807, 2.05) is 12.1 Å². The van der Waals surface area contributed by atoms with Gasteiger partial charge in [-0.2, -0.15) is 0 Å². The fraction of sp³-hybridized carbons (Fsp3) is 0.200. The number of nitrogens with two attached hydrogens (primary N) is 1. The summed E-state index contributed by atoms with van der Waals surface area (Å²) in [4.78, 5) is 0. The Morgan fingerprint density at radius 3 is 2.35 bits per heavy atom. The highest BCUT2D eigenvalue weighted by molar-refractivity contribution is 7.84. The highest BCUT2D eigenvalue weighted by Crippen LogP contribution is 2.14. The largest absolute Gasteiger partial charge is 0.493 e. The first-order chi connectivity index (χ1) is 9.63. The molecule has 0 aliphatic heterocycles. The summed E-state index contributed by atoms with van der Waals surface area (Å²) < 4.78 is 17.4. The van der Waals surface area contributed by atoms with Crippen LogP contribution in [0, 0.1) is 0 Å². The second kappa shape index (κ2) is 7.31. The standard InChI is InChI=1S/C15H16ClNO2S/c16-13-3-1-12(2-4-13)11-20(18)10-9-19-15-7-5-14(17)6-8-15/h1-8H,9-11,17H2. The number of benzene rings is 2. The van der Waals surface area contributed by atoms with E-state index in [0.29, 0.717) is 28.8 Å². The molecule has 0 fully saturated rings. The topological polar surface area (TPSA) is 52.3 Å². The van der Waals surface area contributed by atoms with E-state index in [9.17, 15) is 4.21 Å². The van der Waals surface area contributed by atoms with E-state index in [-0.39, 0.29) is 0 Å². The number of ether oxygens (including phenoxy) is 1. The van der Waals surface area contributed by atoms with Gasteiger partial charge < -0.3 is 10.5 Å². The van der Waals surface area contributed by atoms with Crippen LogP contribution in [-0.2, 0) is 16.6 Å². The van der Waals surface area contributed by atoms with Crippen LogP contribution < -0.4 is 10.5 Å². The molecular weight excluding hydrogens is 294 g/mol. The first-order valence-corrected chi connectivity index (χ1v) is 8.08. The smallest absolute Gasteiger partial charge is 0.119 e. The van der Waals surface area contributed by atoms with Crippen LogP contribution in [0.2, 0.25) is 5.02 Å². The molecule has 0 aliphatic carbocycles. The highest BCUT2D eigenvalue weighted by atomic mass is 35.5. The van der Waals surface area contributed by atoms with E-state index in [1.165, 1.54) is 0 Å². The van der Waals surface area contributed by atoms with Crippen LogP contribution in [0.5, 0.6) is 5.75 Å². The maximum Gasteiger partial charge on any atom is 0.119 e. The number of hydrogen-bond donors (Lipinski definition) is 1. The Morgan fingerprint density at radius 1 is 1.05 bits per heavy atom. The molecule has 0 saturated carbocycles. The lowest BCUT2D eigenvalue weighted by Crippen LogP contribution is -2.10. The average molecular weight is 310 g/mol. The Morgan fingerprint density at radius 2 is 1.70 bits per heavy atom. The monoisotopic (exact) mass is 309 g/mol. The third-order valence-electron chi connectivity index (χ3n) is 2.70. The summed E-state index contributed by atoms with van der Waals surface area (Å²) in [5.41, 5.74) is 7.30. The van der Waals surface area contributed by atoms with Gasteiger partial charge >= 0.3 is 0 Å². The predicted octanol–water partition coefficient (Wildman–Crippen LogP) is 3.25. The minimum atomic E-state index is -0.948. The van der Waals surface area contributed by atoms with Gasteiger partial charge in [0, 0.05) is 27.3 Å². The van der Waals surface area contributed by atoms with Crippen molar-refractivity contribution in [2.45, 2.75) is 5.75 Å². The molecule has 0 aromatic heterocycles. The SMILES string of the molecule is Nc1ccc(OCCS(=O)Cc2ccc(Cl)cc2)cc1. The maximum absolute atomic E-state index is 11.9. The molecule has 1 unspecified atom stereocenters. The van der Waals surface area contributed by atoms with Crippen molar-refractivity contribution in [3.05, 3.63) is 59.1 Å². The molecule has 1 atom stereocenters. The van der Waals surface area contributed by atoms with E-state index in [2.05, 4.69) is 0 Å². The molecule has 0 aliphatic rings. The van der Waals surface area contributed by atoms with Crippen LogP contribution >= 0.6 is 11.6 Å². The van der Waals surface area contributed by atoms with Crippen molar-refractivity contribution in [1.82, 2.24) is 0 Å². The Bertz CT molecular complexity index is 569. The molecule has 0 bridgehead atoms. The summed E-state index contributed by atoms with van der Waals surface area (Å²) >= 11 is 5.81. The molecule has 0 radical (unpaired) electrons. The van der Waals surface area contributed by atoms with Crippen molar-refractivity contribution >= 4 is 28.1 Å². The van der Waals surface area contributed by atoms with Gasteiger partial charge in [0.05, 0.1) is 12.4 Å². The zero-order valence-corrected chi connectivity index (χ0v) is 12.5. The van der Waals surface area contributed by atoms with Gasteiger partial charge in [-0.15, -0.1) is 0 Å². The molecule has 20 heavy (non-hydrogen) atoms. The van der Waals surface area contributed by atoms with Crippen LogP contribution in [0.15, 0.2) is 48.5 Å². The average Bonchev–Trinajstić information content (AvgIpc) is 2.44.